The fourth-order valence-electron chi connectivity index (χ4n) is 1.25. The van der Waals surface area contributed by atoms with Crippen LogP contribution in [0.25, 0.3) is 11.5 Å². The molecule has 0 aliphatic heterocycles. The molecule has 0 aliphatic carbocycles. The summed E-state index contributed by atoms with van der Waals surface area (Å²) in [5.41, 5.74) is 6.48. The van der Waals surface area contributed by atoms with Gasteiger partial charge in [-0.15, -0.1) is 0 Å². The first-order valence-corrected chi connectivity index (χ1v) is 4.61. The molecule has 2 rings (SSSR count). The van der Waals surface area contributed by atoms with E-state index in [1.54, 1.807) is 19.2 Å². The maximum absolute atomic E-state index is 9.27. The van der Waals surface area contributed by atoms with E-state index in [0.29, 0.717) is 17.3 Å². The molecular weight excluding hydrogens is 210 g/mol. The molecule has 6 heteroatoms. The standard InChI is InChI=1S/C10H11N3O3/c1-15-5-9-12-10(16-13-9)6-2-3-8(14)7(11)4-6/h2-4,14H,5,11H2,1H3. The van der Waals surface area contributed by atoms with Crippen LogP contribution in [0.1, 0.15) is 5.82 Å². The Labute approximate surface area is 91.7 Å². The van der Waals surface area contributed by atoms with E-state index < -0.39 is 0 Å². The number of rotatable bonds is 3. The number of phenolic OH excluding ortho intramolecular Hbond substituents is 1. The molecule has 3 N–H and O–H groups in total. The molecule has 0 atom stereocenters. The molecule has 1 heterocycles. The van der Waals surface area contributed by atoms with Gasteiger partial charge in [0.2, 0.25) is 0 Å². The first-order chi connectivity index (χ1) is 7.70. The number of aromatic hydroxyl groups is 1. The van der Waals surface area contributed by atoms with Gasteiger partial charge in [0.25, 0.3) is 5.89 Å². The van der Waals surface area contributed by atoms with Gasteiger partial charge >= 0.3 is 0 Å². The van der Waals surface area contributed by atoms with Crippen molar-refractivity contribution in [2.75, 3.05) is 12.8 Å². The summed E-state index contributed by atoms with van der Waals surface area (Å²) in [5, 5.41) is 13.0. The number of phenols is 1. The highest BCUT2D eigenvalue weighted by Gasteiger charge is 2.09. The fourth-order valence-corrected chi connectivity index (χ4v) is 1.25. The zero-order chi connectivity index (χ0) is 11.5. The summed E-state index contributed by atoms with van der Waals surface area (Å²) in [6, 6.07) is 4.69. The highest BCUT2D eigenvalue weighted by molar-refractivity contribution is 5.64. The minimum atomic E-state index is 0.0281. The summed E-state index contributed by atoms with van der Waals surface area (Å²) < 4.78 is 9.89. The normalized spacial score (nSPS) is 10.6. The van der Waals surface area contributed by atoms with Crippen LogP contribution in [0.2, 0.25) is 0 Å². The lowest BCUT2D eigenvalue weighted by molar-refractivity contribution is 0.174. The third-order valence-corrected chi connectivity index (χ3v) is 2.02. The molecular formula is C10H11N3O3. The molecule has 84 valence electrons. The molecule has 0 saturated carbocycles. The smallest absolute Gasteiger partial charge is 0.258 e. The number of nitrogens with two attached hydrogens (primary N) is 1. The molecule has 0 fully saturated rings. The fraction of sp³-hybridized carbons (Fsp3) is 0.200. The molecule has 1 aromatic heterocycles. The van der Waals surface area contributed by atoms with E-state index in [-0.39, 0.29) is 18.0 Å². The minimum Gasteiger partial charge on any atom is -0.506 e. The second-order valence-corrected chi connectivity index (χ2v) is 3.22. The maximum Gasteiger partial charge on any atom is 0.258 e. The largest absolute Gasteiger partial charge is 0.506 e. The molecule has 0 radical (unpaired) electrons. The van der Waals surface area contributed by atoms with Gasteiger partial charge in [0.15, 0.2) is 5.82 Å². The van der Waals surface area contributed by atoms with Gasteiger partial charge in [0.05, 0.1) is 5.69 Å². The average Bonchev–Trinajstić information content (AvgIpc) is 2.71. The molecule has 1 aromatic carbocycles. The number of ether oxygens (including phenoxy) is 1. The van der Waals surface area contributed by atoms with Crippen molar-refractivity contribution in [3.05, 3.63) is 24.0 Å². The van der Waals surface area contributed by atoms with Crippen LogP contribution in [0.15, 0.2) is 22.7 Å². The van der Waals surface area contributed by atoms with Gasteiger partial charge in [0, 0.05) is 12.7 Å². The zero-order valence-corrected chi connectivity index (χ0v) is 8.67. The van der Waals surface area contributed by atoms with Crippen molar-refractivity contribution >= 4 is 5.69 Å². The summed E-state index contributed by atoms with van der Waals surface area (Å²) in [6.07, 6.45) is 0. The molecule has 16 heavy (non-hydrogen) atoms. The predicted molar refractivity (Wildman–Crippen MR) is 56.5 cm³/mol. The molecule has 0 bridgehead atoms. The highest BCUT2D eigenvalue weighted by Crippen LogP contribution is 2.26. The van der Waals surface area contributed by atoms with Crippen molar-refractivity contribution in [1.29, 1.82) is 0 Å². The Morgan fingerprint density at radius 3 is 3.00 bits per heavy atom. The summed E-state index contributed by atoms with van der Waals surface area (Å²) in [5.74, 6) is 0.836. The lowest BCUT2D eigenvalue weighted by Gasteiger charge is -1.99. The Kier molecular flexibility index (Phi) is 2.74. The SMILES string of the molecule is COCc1noc(-c2ccc(O)c(N)c2)n1. The van der Waals surface area contributed by atoms with Crippen molar-refractivity contribution in [2.24, 2.45) is 0 Å². The van der Waals surface area contributed by atoms with Gasteiger partial charge in [-0.1, -0.05) is 5.16 Å². The molecule has 6 nitrogen and oxygen atoms in total. The number of hydrogen-bond acceptors (Lipinski definition) is 6. The summed E-state index contributed by atoms with van der Waals surface area (Å²) in [4.78, 5) is 4.10. The van der Waals surface area contributed by atoms with Gasteiger partial charge < -0.3 is 20.1 Å². The average molecular weight is 221 g/mol. The van der Waals surface area contributed by atoms with E-state index in [1.165, 1.54) is 6.07 Å². The number of hydrogen-bond donors (Lipinski definition) is 2. The number of methoxy groups -OCH3 is 1. The van der Waals surface area contributed by atoms with Gasteiger partial charge in [0.1, 0.15) is 12.4 Å². The Balaban J connectivity index is 2.31. The first-order valence-electron chi connectivity index (χ1n) is 4.61. The van der Waals surface area contributed by atoms with E-state index in [0.717, 1.165) is 0 Å². The Morgan fingerprint density at radius 2 is 2.31 bits per heavy atom. The zero-order valence-electron chi connectivity index (χ0n) is 8.67. The molecule has 0 saturated heterocycles. The molecule has 2 aromatic rings. The van der Waals surface area contributed by atoms with Crippen LogP contribution in [-0.2, 0) is 11.3 Å². The van der Waals surface area contributed by atoms with Gasteiger partial charge in [-0.05, 0) is 18.2 Å². The molecule has 0 aliphatic rings. The third-order valence-electron chi connectivity index (χ3n) is 2.02. The van der Waals surface area contributed by atoms with E-state index in [4.69, 9.17) is 15.0 Å². The van der Waals surface area contributed by atoms with Crippen LogP contribution < -0.4 is 5.73 Å². The van der Waals surface area contributed by atoms with Gasteiger partial charge in [-0.2, -0.15) is 4.98 Å². The van der Waals surface area contributed by atoms with Crippen LogP contribution in [0.3, 0.4) is 0 Å². The first kappa shape index (κ1) is 10.4. The second kappa shape index (κ2) is 4.19. The van der Waals surface area contributed by atoms with Gasteiger partial charge in [-0.25, -0.2) is 0 Å². The summed E-state index contributed by atoms with van der Waals surface area (Å²) >= 11 is 0. The van der Waals surface area contributed by atoms with Crippen LogP contribution in [0, 0.1) is 0 Å². The second-order valence-electron chi connectivity index (χ2n) is 3.22. The number of aromatic nitrogens is 2. The van der Waals surface area contributed by atoms with Crippen molar-refractivity contribution < 1.29 is 14.4 Å². The Morgan fingerprint density at radius 1 is 1.50 bits per heavy atom. The number of anilines is 1. The summed E-state index contributed by atoms with van der Waals surface area (Å²) in [6.45, 7) is 0.289. The quantitative estimate of drug-likeness (QED) is 0.596. The highest BCUT2D eigenvalue weighted by atomic mass is 16.5. The van der Waals surface area contributed by atoms with Crippen LogP contribution in [0.5, 0.6) is 5.75 Å². The van der Waals surface area contributed by atoms with E-state index >= 15 is 0 Å². The van der Waals surface area contributed by atoms with E-state index in [9.17, 15) is 5.11 Å². The summed E-state index contributed by atoms with van der Waals surface area (Å²) in [7, 11) is 1.55. The Hall–Kier alpha value is -2.08. The van der Waals surface area contributed by atoms with Crippen LogP contribution in [-0.4, -0.2) is 22.4 Å². The number of benzene rings is 1. The van der Waals surface area contributed by atoms with Crippen molar-refractivity contribution in [3.8, 4) is 17.2 Å². The van der Waals surface area contributed by atoms with E-state index in [1.807, 2.05) is 0 Å². The maximum atomic E-state index is 9.27. The van der Waals surface area contributed by atoms with Gasteiger partial charge in [-0.3, -0.25) is 0 Å². The van der Waals surface area contributed by atoms with E-state index in [2.05, 4.69) is 10.1 Å². The van der Waals surface area contributed by atoms with Crippen molar-refractivity contribution in [2.45, 2.75) is 6.61 Å². The predicted octanol–water partition coefficient (Wildman–Crippen LogP) is 1.17. The Bertz CT molecular complexity index is 496. The van der Waals surface area contributed by atoms with Crippen molar-refractivity contribution in [1.82, 2.24) is 10.1 Å². The van der Waals surface area contributed by atoms with Crippen LogP contribution >= 0.6 is 0 Å². The van der Waals surface area contributed by atoms with Crippen molar-refractivity contribution in [3.63, 3.8) is 0 Å². The monoisotopic (exact) mass is 221 g/mol. The molecule has 0 unspecified atom stereocenters. The third kappa shape index (κ3) is 1.96. The number of nitrogen functional groups attached to an aromatic ring is 1. The van der Waals surface area contributed by atoms with Crippen LogP contribution in [0.4, 0.5) is 5.69 Å². The number of nitrogens with zero attached hydrogens (tertiary/aromatic N) is 2. The molecule has 0 amide bonds. The topological polar surface area (TPSA) is 94.4 Å². The lowest BCUT2D eigenvalue weighted by atomic mass is 10.2. The lowest BCUT2D eigenvalue weighted by Crippen LogP contribution is -1.90. The molecule has 0 spiro atoms. The minimum absolute atomic E-state index is 0.0281.